The van der Waals surface area contributed by atoms with Crippen LogP contribution < -0.4 is 20.7 Å². The van der Waals surface area contributed by atoms with Crippen molar-refractivity contribution >= 4 is 39.1 Å². The zero-order valence-corrected chi connectivity index (χ0v) is 22.3. The van der Waals surface area contributed by atoms with Crippen LogP contribution in [0.15, 0.2) is 65.9 Å². The number of piperidine rings is 1. The van der Waals surface area contributed by atoms with Gasteiger partial charge in [-0.3, -0.25) is 0 Å². The molecule has 0 amide bonds. The summed E-state index contributed by atoms with van der Waals surface area (Å²) in [4.78, 5) is 10.9. The molecule has 38 heavy (non-hydrogen) atoms. The van der Waals surface area contributed by atoms with Crippen LogP contribution >= 0.6 is 11.8 Å². The van der Waals surface area contributed by atoms with Crippen molar-refractivity contribution in [1.29, 1.82) is 0 Å². The van der Waals surface area contributed by atoms with Gasteiger partial charge in [0.2, 0.25) is 5.95 Å². The summed E-state index contributed by atoms with van der Waals surface area (Å²) >= 11 is 1.47. The van der Waals surface area contributed by atoms with Crippen molar-refractivity contribution in [2.24, 2.45) is 0 Å². The highest BCUT2D eigenvalue weighted by molar-refractivity contribution is 8.11. The molecule has 0 aliphatic carbocycles. The van der Waals surface area contributed by atoms with Crippen LogP contribution in [0.5, 0.6) is 5.75 Å². The summed E-state index contributed by atoms with van der Waals surface area (Å²) in [6, 6.07) is 13.1. The Labute approximate surface area is 225 Å². The first-order valence-corrected chi connectivity index (χ1v) is 13.4. The molecule has 0 spiro atoms. The molecule has 0 radical (unpaired) electrons. The van der Waals surface area contributed by atoms with Crippen molar-refractivity contribution in [3.63, 3.8) is 0 Å². The lowest BCUT2D eigenvalue weighted by Crippen LogP contribution is -2.38. The van der Waals surface area contributed by atoms with Crippen LogP contribution in [0.25, 0.3) is 15.7 Å². The van der Waals surface area contributed by atoms with Crippen LogP contribution in [-0.2, 0) is 0 Å². The Morgan fingerprint density at radius 3 is 2.66 bits per heavy atom. The molecule has 2 aromatic carbocycles. The normalized spacial score (nSPS) is 16.6. The van der Waals surface area contributed by atoms with Crippen LogP contribution in [0.3, 0.4) is 0 Å². The molecule has 1 aromatic heterocycles. The fourth-order valence-corrected chi connectivity index (χ4v) is 5.01. The van der Waals surface area contributed by atoms with Gasteiger partial charge < -0.3 is 20.7 Å². The van der Waals surface area contributed by atoms with Gasteiger partial charge in [0.25, 0.3) is 0 Å². The summed E-state index contributed by atoms with van der Waals surface area (Å²) in [5, 5.41) is 11.3. The van der Waals surface area contributed by atoms with E-state index in [9.17, 15) is 13.2 Å². The van der Waals surface area contributed by atoms with Gasteiger partial charge in [-0.1, -0.05) is 42.6 Å². The Balaban J connectivity index is 1.61. The van der Waals surface area contributed by atoms with E-state index in [1.165, 1.54) is 11.8 Å². The average Bonchev–Trinajstić information content (AvgIpc) is 2.88. The molecule has 6 nitrogen and oxygen atoms in total. The molecule has 1 aliphatic heterocycles. The van der Waals surface area contributed by atoms with Crippen LogP contribution in [0.4, 0.5) is 24.8 Å². The van der Waals surface area contributed by atoms with Gasteiger partial charge in [0.15, 0.2) is 0 Å². The third-order valence-corrected chi connectivity index (χ3v) is 7.03. The highest BCUT2D eigenvalue weighted by atomic mass is 32.2. The molecule has 10 heteroatoms. The Bertz CT molecular complexity index is 1310. The lowest BCUT2D eigenvalue weighted by molar-refractivity contribution is -0.131. The van der Waals surface area contributed by atoms with Gasteiger partial charge in [-0.05, 0) is 56.3 Å². The highest BCUT2D eigenvalue weighted by Crippen LogP contribution is 2.38. The Morgan fingerprint density at radius 2 is 1.95 bits per heavy atom. The fourth-order valence-electron chi connectivity index (χ4n) is 4.26. The van der Waals surface area contributed by atoms with Gasteiger partial charge in [0.05, 0.1) is 17.0 Å². The molecule has 4 rings (SSSR count). The summed E-state index contributed by atoms with van der Waals surface area (Å²) in [6.07, 6.45) is -1.24. The number of nitrogens with one attached hydrogen (secondary N) is 3. The monoisotopic (exact) mass is 543 g/mol. The minimum atomic E-state index is -4.21. The molecular formula is C28H32F3N5OS. The second-order valence-corrected chi connectivity index (χ2v) is 10.5. The summed E-state index contributed by atoms with van der Waals surface area (Å²) in [5.74, 6) is 1.79. The van der Waals surface area contributed by atoms with E-state index >= 15 is 0 Å². The largest absolute Gasteiger partial charge is 0.460 e. The second kappa shape index (κ2) is 12.5. The van der Waals surface area contributed by atoms with Crippen molar-refractivity contribution in [1.82, 2.24) is 15.3 Å². The molecule has 1 aliphatic rings. The standard InChI is InChI=1S/C28H32F3N5OS/c1-18(2)38-26(24-12-15-34-27(36-24)35-20-7-6-14-32-17-20)19(3)37-25-11-10-23(33-16-13-28(29,30)31)21-8-4-5-9-22(21)25/h4-5,8-12,15,20,32-33H,1,6-7,13-14,16-17H2,2-3H3,(H,34,35,36)/b26-19+. The number of halogens is 3. The number of thioether (sulfide) groups is 1. The van der Waals surface area contributed by atoms with Gasteiger partial charge in [-0.2, -0.15) is 13.2 Å². The Kier molecular flexibility index (Phi) is 9.17. The van der Waals surface area contributed by atoms with Crippen molar-refractivity contribution in [2.75, 3.05) is 30.3 Å². The topological polar surface area (TPSA) is 71.1 Å². The molecular weight excluding hydrogens is 511 g/mol. The molecule has 0 bridgehead atoms. The number of benzene rings is 2. The van der Waals surface area contributed by atoms with E-state index in [0.717, 1.165) is 46.5 Å². The Morgan fingerprint density at radius 1 is 1.16 bits per heavy atom. The lowest BCUT2D eigenvalue weighted by Gasteiger charge is -2.24. The number of fused-ring (bicyclic) bond motifs is 1. The second-order valence-electron chi connectivity index (χ2n) is 9.19. The molecule has 1 fully saturated rings. The molecule has 1 atom stereocenters. The number of alkyl halides is 3. The molecule has 0 saturated carbocycles. The number of allylic oxidation sites excluding steroid dienone is 2. The van der Waals surface area contributed by atoms with Crippen LogP contribution in [0.2, 0.25) is 0 Å². The summed E-state index contributed by atoms with van der Waals surface area (Å²) in [5.41, 5.74) is 1.34. The predicted octanol–water partition coefficient (Wildman–Crippen LogP) is 7.19. The minimum Gasteiger partial charge on any atom is -0.460 e. The summed E-state index contributed by atoms with van der Waals surface area (Å²) in [6.45, 7) is 9.53. The van der Waals surface area contributed by atoms with Crippen LogP contribution in [0, 0.1) is 0 Å². The van der Waals surface area contributed by atoms with Crippen LogP contribution in [-0.4, -0.2) is 41.8 Å². The van der Waals surface area contributed by atoms with E-state index in [1.807, 2.05) is 44.2 Å². The summed E-state index contributed by atoms with van der Waals surface area (Å²) < 4.78 is 44.3. The van der Waals surface area contributed by atoms with Crippen molar-refractivity contribution in [3.8, 4) is 5.75 Å². The molecule has 1 saturated heterocycles. The maximum absolute atomic E-state index is 12.6. The van der Waals surface area contributed by atoms with E-state index in [4.69, 9.17) is 9.72 Å². The highest BCUT2D eigenvalue weighted by Gasteiger charge is 2.26. The third kappa shape index (κ3) is 7.64. The number of aromatic nitrogens is 2. The number of hydrogen-bond donors (Lipinski definition) is 3. The molecule has 3 aromatic rings. The summed E-state index contributed by atoms with van der Waals surface area (Å²) in [7, 11) is 0. The average molecular weight is 544 g/mol. The Hall–Kier alpha value is -3.24. The third-order valence-electron chi connectivity index (χ3n) is 5.99. The van der Waals surface area contributed by atoms with E-state index < -0.39 is 12.6 Å². The van der Waals surface area contributed by atoms with Crippen molar-refractivity contribution < 1.29 is 17.9 Å². The molecule has 3 N–H and O–H groups in total. The number of hydrogen-bond acceptors (Lipinski definition) is 7. The zero-order chi connectivity index (χ0) is 27.1. The number of rotatable bonds is 10. The van der Waals surface area contributed by atoms with E-state index in [0.29, 0.717) is 28.8 Å². The molecule has 1 unspecified atom stereocenters. The van der Waals surface area contributed by atoms with E-state index in [1.54, 1.807) is 18.3 Å². The lowest BCUT2D eigenvalue weighted by atomic mass is 10.1. The van der Waals surface area contributed by atoms with Gasteiger partial charge in [0, 0.05) is 41.8 Å². The number of ether oxygens (including phenoxy) is 1. The first-order valence-electron chi connectivity index (χ1n) is 12.5. The molecule has 2 heterocycles. The first kappa shape index (κ1) is 27.8. The SMILES string of the molecule is C=C(C)S/C(=C(\C)Oc1ccc(NCCC(F)(F)F)c2ccccc12)c1ccnc(NC2CCCNC2)n1. The van der Waals surface area contributed by atoms with Crippen molar-refractivity contribution in [2.45, 2.75) is 45.3 Å². The van der Waals surface area contributed by atoms with Gasteiger partial charge in [-0.25, -0.2) is 9.97 Å². The smallest absolute Gasteiger partial charge is 0.390 e. The zero-order valence-electron chi connectivity index (χ0n) is 21.5. The van der Waals surface area contributed by atoms with Crippen molar-refractivity contribution in [3.05, 3.63) is 71.6 Å². The quantitative estimate of drug-likeness (QED) is 0.234. The maximum Gasteiger partial charge on any atom is 0.390 e. The van der Waals surface area contributed by atoms with Gasteiger partial charge in [0.1, 0.15) is 11.5 Å². The number of anilines is 2. The first-order chi connectivity index (χ1) is 18.2. The molecule has 202 valence electrons. The van der Waals surface area contributed by atoms with Gasteiger partial charge >= 0.3 is 6.18 Å². The minimum absolute atomic E-state index is 0.201. The maximum atomic E-state index is 12.6. The van der Waals surface area contributed by atoms with E-state index in [-0.39, 0.29) is 12.6 Å². The predicted molar refractivity (Wildman–Crippen MR) is 150 cm³/mol. The fraction of sp³-hybridized carbons (Fsp3) is 0.357. The van der Waals surface area contributed by atoms with E-state index in [2.05, 4.69) is 27.5 Å². The van der Waals surface area contributed by atoms with Crippen LogP contribution in [0.1, 0.15) is 38.8 Å². The van der Waals surface area contributed by atoms with Gasteiger partial charge in [-0.15, -0.1) is 0 Å². The number of nitrogens with zero attached hydrogens (tertiary/aromatic N) is 2.